The van der Waals surface area contributed by atoms with E-state index in [-0.39, 0.29) is 18.0 Å². The molecule has 0 fully saturated rings. The number of hydrogen-bond donors (Lipinski definition) is 3. The highest BCUT2D eigenvalue weighted by Gasteiger charge is 2.12. The van der Waals surface area contributed by atoms with Crippen molar-refractivity contribution in [3.05, 3.63) is 29.6 Å². The molecule has 0 spiro atoms. The van der Waals surface area contributed by atoms with Gasteiger partial charge in [0, 0.05) is 6.20 Å². The number of amides is 1. The largest absolute Gasteiger partial charge is 0.478 e. The summed E-state index contributed by atoms with van der Waals surface area (Å²) in [6, 6.07) is 2.31. The summed E-state index contributed by atoms with van der Waals surface area (Å²) in [5, 5.41) is 11.5. The number of aromatic nitrogens is 1. The van der Waals surface area contributed by atoms with Gasteiger partial charge in [-0.15, -0.1) is 0 Å². The number of rotatable bonds is 7. The van der Waals surface area contributed by atoms with Crippen LogP contribution in [-0.4, -0.2) is 28.0 Å². The molecule has 1 rings (SSSR count). The summed E-state index contributed by atoms with van der Waals surface area (Å²) in [5.74, 6) is -1.26. The van der Waals surface area contributed by atoms with E-state index in [1.165, 1.54) is 18.3 Å². The number of pyridine rings is 1. The fourth-order valence-electron chi connectivity index (χ4n) is 1.57. The first kappa shape index (κ1) is 15.1. The minimum Gasteiger partial charge on any atom is -0.478 e. The first-order valence-corrected chi connectivity index (χ1v) is 6.26. The number of unbranched alkanes of at least 4 members (excludes halogenated alkanes) is 1. The first-order chi connectivity index (χ1) is 9.04. The standard InChI is InChI=1S/C13H19N3O3/c1-2-3-4-11(14)12(17)16-8-10-7-9(13(18)19)5-6-15-10/h5-7,11H,2-4,8,14H2,1H3,(H,16,17)(H,18,19)/t11-/m0/s1. The molecule has 104 valence electrons. The first-order valence-electron chi connectivity index (χ1n) is 6.26. The molecule has 0 aliphatic heterocycles. The Hall–Kier alpha value is -1.95. The average molecular weight is 265 g/mol. The van der Waals surface area contributed by atoms with Gasteiger partial charge >= 0.3 is 5.97 Å². The van der Waals surface area contributed by atoms with E-state index in [2.05, 4.69) is 10.3 Å². The molecule has 0 saturated heterocycles. The van der Waals surface area contributed by atoms with E-state index >= 15 is 0 Å². The van der Waals surface area contributed by atoms with Crippen LogP contribution in [-0.2, 0) is 11.3 Å². The van der Waals surface area contributed by atoms with Crippen LogP contribution >= 0.6 is 0 Å². The highest BCUT2D eigenvalue weighted by molar-refractivity contribution is 5.87. The van der Waals surface area contributed by atoms with Crippen LogP contribution in [0.15, 0.2) is 18.3 Å². The summed E-state index contributed by atoms with van der Waals surface area (Å²) in [6.45, 7) is 2.21. The number of carbonyl (C=O) groups is 2. The number of hydrogen-bond acceptors (Lipinski definition) is 4. The maximum atomic E-state index is 11.7. The van der Waals surface area contributed by atoms with Crippen molar-refractivity contribution in [2.24, 2.45) is 5.73 Å². The van der Waals surface area contributed by atoms with Gasteiger partial charge in [0.25, 0.3) is 0 Å². The molecule has 0 saturated carbocycles. The Morgan fingerprint density at radius 2 is 2.26 bits per heavy atom. The van der Waals surface area contributed by atoms with Crippen LogP contribution in [0.3, 0.4) is 0 Å². The molecule has 6 nitrogen and oxygen atoms in total. The average Bonchev–Trinajstić information content (AvgIpc) is 2.42. The zero-order valence-electron chi connectivity index (χ0n) is 10.9. The van der Waals surface area contributed by atoms with Gasteiger partial charge in [-0.05, 0) is 18.6 Å². The lowest BCUT2D eigenvalue weighted by Gasteiger charge is -2.11. The topological polar surface area (TPSA) is 105 Å². The molecule has 1 aromatic rings. The number of carboxylic acid groups (broad SMARTS) is 1. The molecule has 0 aliphatic carbocycles. The monoisotopic (exact) mass is 265 g/mol. The summed E-state index contributed by atoms with van der Waals surface area (Å²) < 4.78 is 0. The summed E-state index contributed by atoms with van der Waals surface area (Å²) >= 11 is 0. The van der Waals surface area contributed by atoms with Crippen LogP contribution < -0.4 is 11.1 Å². The van der Waals surface area contributed by atoms with Crippen molar-refractivity contribution in [3.63, 3.8) is 0 Å². The van der Waals surface area contributed by atoms with Gasteiger partial charge in [0.05, 0.1) is 23.8 Å². The third kappa shape index (κ3) is 5.05. The molecule has 1 heterocycles. The molecule has 0 radical (unpaired) electrons. The number of carbonyl (C=O) groups excluding carboxylic acids is 1. The Bertz CT molecular complexity index is 449. The SMILES string of the molecule is CCCC[C@H](N)C(=O)NCc1cc(C(=O)O)ccn1. The number of aromatic carboxylic acids is 1. The second-order valence-electron chi connectivity index (χ2n) is 4.31. The molecule has 1 aromatic heterocycles. The fraction of sp³-hybridized carbons (Fsp3) is 0.462. The molecule has 4 N–H and O–H groups in total. The normalized spacial score (nSPS) is 11.9. The minimum absolute atomic E-state index is 0.148. The fourth-order valence-corrected chi connectivity index (χ4v) is 1.57. The van der Waals surface area contributed by atoms with E-state index in [0.29, 0.717) is 12.1 Å². The molecule has 0 unspecified atom stereocenters. The molecule has 1 amide bonds. The maximum absolute atomic E-state index is 11.7. The van der Waals surface area contributed by atoms with Gasteiger partial charge in [-0.2, -0.15) is 0 Å². The molecule has 6 heteroatoms. The highest BCUT2D eigenvalue weighted by Crippen LogP contribution is 2.02. The highest BCUT2D eigenvalue weighted by atomic mass is 16.4. The van der Waals surface area contributed by atoms with Crippen molar-refractivity contribution in [3.8, 4) is 0 Å². The summed E-state index contributed by atoms with van der Waals surface area (Å²) in [7, 11) is 0. The van der Waals surface area contributed by atoms with Crippen LogP contribution in [0.1, 0.15) is 42.2 Å². The Labute approximate surface area is 112 Å². The molecular formula is C13H19N3O3. The van der Waals surface area contributed by atoms with Crippen LogP contribution in [0.5, 0.6) is 0 Å². The van der Waals surface area contributed by atoms with Crippen LogP contribution in [0.2, 0.25) is 0 Å². The molecule has 1 atom stereocenters. The van der Waals surface area contributed by atoms with Crippen molar-refractivity contribution < 1.29 is 14.7 Å². The molecule has 0 aromatic carbocycles. The lowest BCUT2D eigenvalue weighted by Crippen LogP contribution is -2.40. The summed E-state index contributed by atoms with van der Waals surface area (Å²) in [5.41, 5.74) is 6.36. The van der Waals surface area contributed by atoms with E-state index in [1.54, 1.807) is 0 Å². The summed E-state index contributed by atoms with van der Waals surface area (Å²) in [4.78, 5) is 26.4. The van der Waals surface area contributed by atoms with E-state index < -0.39 is 12.0 Å². The van der Waals surface area contributed by atoms with Gasteiger partial charge in [-0.1, -0.05) is 19.8 Å². The lowest BCUT2D eigenvalue weighted by atomic mass is 10.1. The third-order valence-corrected chi connectivity index (χ3v) is 2.71. The number of nitrogens with zero attached hydrogens (tertiary/aromatic N) is 1. The number of carboxylic acids is 1. The van der Waals surface area contributed by atoms with Crippen molar-refractivity contribution >= 4 is 11.9 Å². The van der Waals surface area contributed by atoms with Crippen molar-refractivity contribution in [1.82, 2.24) is 10.3 Å². The van der Waals surface area contributed by atoms with Crippen molar-refractivity contribution in [2.45, 2.75) is 38.8 Å². The Balaban J connectivity index is 2.50. The van der Waals surface area contributed by atoms with E-state index in [9.17, 15) is 9.59 Å². The van der Waals surface area contributed by atoms with Gasteiger partial charge in [0.2, 0.25) is 5.91 Å². The number of nitrogens with two attached hydrogens (primary N) is 1. The van der Waals surface area contributed by atoms with Crippen LogP contribution in [0.25, 0.3) is 0 Å². The minimum atomic E-state index is -1.02. The second kappa shape index (κ2) is 7.48. The van der Waals surface area contributed by atoms with Crippen molar-refractivity contribution in [1.29, 1.82) is 0 Å². The van der Waals surface area contributed by atoms with Crippen LogP contribution in [0.4, 0.5) is 0 Å². The molecule has 0 aliphatic rings. The van der Waals surface area contributed by atoms with Crippen molar-refractivity contribution in [2.75, 3.05) is 0 Å². The van der Waals surface area contributed by atoms with Gasteiger partial charge in [-0.25, -0.2) is 4.79 Å². The molecular weight excluding hydrogens is 246 g/mol. The summed E-state index contributed by atoms with van der Waals surface area (Å²) in [6.07, 6.45) is 3.94. The zero-order valence-corrected chi connectivity index (χ0v) is 10.9. The second-order valence-corrected chi connectivity index (χ2v) is 4.31. The zero-order chi connectivity index (χ0) is 14.3. The molecule has 0 bridgehead atoms. The maximum Gasteiger partial charge on any atom is 0.335 e. The van der Waals surface area contributed by atoms with Gasteiger partial charge in [-0.3, -0.25) is 9.78 Å². The quantitative estimate of drug-likeness (QED) is 0.679. The lowest BCUT2D eigenvalue weighted by molar-refractivity contribution is -0.122. The third-order valence-electron chi connectivity index (χ3n) is 2.71. The number of nitrogens with one attached hydrogen (secondary N) is 1. The van der Waals surface area contributed by atoms with E-state index in [4.69, 9.17) is 10.8 Å². The predicted octanol–water partition coefficient (Wildman–Crippen LogP) is 0.913. The smallest absolute Gasteiger partial charge is 0.335 e. The van der Waals surface area contributed by atoms with Gasteiger partial charge < -0.3 is 16.2 Å². The Morgan fingerprint density at radius 1 is 1.53 bits per heavy atom. The molecule has 19 heavy (non-hydrogen) atoms. The Kier molecular flexibility index (Phi) is 5.95. The van der Waals surface area contributed by atoms with Gasteiger partial charge in [0.15, 0.2) is 0 Å². The Morgan fingerprint density at radius 3 is 2.89 bits per heavy atom. The van der Waals surface area contributed by atoms with Gasteiger partial charge in [0.1, 0.15) is 0 Å². The van der Waals surface area contributed by atoms with E-state index in [0.717, 1.165) is 12.8 Å². The van der Waals surface area contributed by atoms with E-state index in [1.807, 2.05) is 6.92 Å². The predicted molar refractivity (Wildman–Crippen MR) is 70.5 cm³/mol. The van der Waals surface area contributed by atoms with Crippen LogP contribution in [0, 0.1) is 0 Å².